The summed E-state index contributed by atoms with van der Waals surface area (Å²) in [7, 11) is 0. The molecule has 1 N–H and O–H groups in total. The summed E-state index contributed by atoms with van der Waals surface area (Å²) in [5.41, 5.74) is 2.28. The number of rotatable bonds is 7. The number of aryl methyl sites for hydroxylation is 1. The molecule has 0 aliphatic rings. The number of carbonyl (C=O) groups is 1. The number of ether oxygens (including phenoxy) is 1. The fourth-order valence-corrected chi connectivity index (χ4v) is 4.48. The van der Waals surface area contributed by atoms with Crippen LogP contribution in [0, 0.1) is 6.92 Å². The second-order valence-electron chi connectivity index (χ2n) is 7.33. The monoisotopic (exact) mass is 434 g/mol. The molecule has 0 unspecified atom stereocenters. The number of benzene rings is 2. The smallest absolute Gasteiger partial charge is 0.262 e. The minimum Gasteiger partial charge on any atom is -0.491 e. The van der Waals surface area contributed by atoms with Crippen LogP contribution in [0.1, 0.15) is 22.2 Å². The topological polar surface area (TPSA) is 81.4 Å². The Morgan fingerprint density at radius 3 is 2.55 bits per heavy atom. The Hall–Kier alpha value is -3.29. The Morgan fingerprint density at radius 1 is 1.16 bits per heavy atom. The number of hydrogen-bond acceptors (Lipinski definition) is 6. The van der Waals surface area contributed by atoms with Gasteiger partial charge in [0.25, 0.3) is 5.56 Å². The van der Waals surface area contributed by atoms with E-state index in [0.717, 1.165) is 16.0 Å². The van der Waals surface area contributed by atoms with Gasteiger partial charge in [-0.1, -0.05) is 30.3 Å². The zero-order valence-corrected chi connectivity index (χ0v) is 18.1. The molecule has 6 nitrogen and oxygen atoms in total. The molecule has 0 bridgehead atoms. The van der Waals surface area contributed by atoms with Gasteiger partial charge in [-0.3, -0.25) is 14.2 Å². The first-order chi connectivity index (χ1) is 14.9. The van der Waals surface area contributed by atoms with Crippen molar-refractivity contribution in [3.63, 3.8) is 0 Å². The third-order valence-corrected chi connectivity index (χ3v) is 6.04. The number of Topliss-reactive ketones (excluding diaryl/α,β-unsaturated/α-hetero) is 1. The maximum atomic E-state index is 13.2. The lowest BCUT2D eigenvalue weighted by molar-refractivity contribution is 0.0914. The number of ketones is 1. The van der Waals surface area contributed by atoms with Gasteiger partial charge in [0.1, 0.15) is 23.3 Å². The summed E-state index contributed by atoms with van der Waals surface area (Å²) in [5.74, 6) is 0.525. The number of fused-ring (bicyclic) bond motifs is 1. The standard InChI is InChI=1S/C24H22N2O4S/c1-15(27)17-8-10-20(11-9-17)30-13-19(28)12-26-14-25-23-22(24(26)29)21(16(2)31-23)18-6-4-3-5-7-18/h3-11,14,19,28H,12-13H2,1-2H3/t19-/m1/s1. The summed E-state index contributed by atoms with van der Waals surface area (Å²) in [5, 5.41) is 11.0. The van der Waals surface area contributed by atoms with E-state index in [1.165, 1.54) is 29.2 Å². The lowest BCUT2D eigenvalue weighted by atomic mass is 10.0. The number of aliphatic hydroxyl groups excluding tert-OH is 1. The molecule has 0 amide bonds. The molecule has 4 rings (SSSR count). The maximum absolute atomic E-state index is 13.2. The summed E-state index contributed by atoms with van der Waals surface area (Å²) in [4.78, 5) is 30.7. The van der Waals surface area contributed by atoms with Crippen molar-refractivity contribution in [1.82, 2.24) is 9.55 Å². The van der Waals surface area contributed by atoms with Crippen LogP contribution in [0.5, 0.6) is 5.75 Å². The highest BCUT2D eigenvalue weighted by Crippen LogP contribution is 2.35. The van der Waals surface area contributed by atoms with E-state index in [4.69, 9.17) is 4.74 Å². The second-order valence-corrected chi connectivity index (χ2v) is 8.53. The van der Waals surface area contributed by atoms with Crippen molar-refractivity contribution >= 4 is 27.3 Å². The van der Waals surface area contributed by atoms with Crippen LogP contribution in [0.15, 0.2) is 65.7 Å². The molecule has 2 heterocycles. The van der Waals surface area contributed by atoms with E-state index in [-0.39, 0.29) is 24.5 Å². The van der Waals surface area contributed by atoms with Crippen molar-refractivity contribution in [3.05, 3.63) is 81.7 Å². The van der Waals surface area contributed by atoms with E-state index < -0.39 is 6.10 Å². The summed E-state index contributed by atoms with van der Waals surface area (Å²) < 4.78 is 7.03. The van der Waals surface area contributed by atoms with Gasteiger partial charge < -0.3 is 9.84 Å². The molecule has 4 aromatic rings. The molecule has 1 atom stereocenters. The molecule has 0 spiro atoms. The average molecular weight is 435 g/mol. The Morgan fingerprint density at radius 2 is 1.87 bits per heavy atom. The van der Waals surface area contributed by atoms with Crippen LogP contribution in [0.3, 0.4) is 0 Å². The van der Waals surface area contributed by atoms with E-state index in [1.54, 1.807) is 24.3 Å². The Kier molecular flexibility index (Phi) is 5.97. The quantitative estimate of drug-likeness (QED) is 0.444. The number of nitrogens with zero attached hydrogens (tertiary/aromatic N) is 2. The SMILES string of the molecule is CC(=O)c1ccc(OC[C@H](O)Cn2cnc3sc(C)c(-c4ccccc4)c3c2=O)cc1. The van der Waals surface area contributed by atoms with E-state index in [1.807, 2.05) is 37.3 Å². The lowest BCUT2D eigenvalue weighted by Gasteiger charge is -2.14. The van der Waals surface area contributed by atoms with E-state index >= 15 is 0 Å². The molecule has 2 aromatic carbocycles. The molecule has 0 aliphatic heterocycles. The Balaban J connectivity index is 1.54. The summed E-state index contributed by atoms with van der Waals surface area (Å²) in [6.45, 7) is 3.56. The molecule has 158 valence electrons. The minimum atomic E-state index is -0.899. The van der Waals surface area contributed by atoms with Gasteiger partial charge >= 0.3 is 0 Å². The van der Waals surface area contributed by atoms with Gasteiger partial charge in [-0.25, -0.2) is 4.98 Å². The van der Waals surface area contributed by atoms with Crippen LogP contribution in [-0.4, -0.2) is 33.2 Å². The second kappa shape index (κ2) is 8.83. The molecular weight excluding hydrogens is 412 g/mol. The zero-order chi connectivity index (χ0) is 22.0. The van der Waals surface area contributed by atoms with Crippen molar-refractivity contribution in [2.24, 2.45) is 0 Å². The van der Waals surface area contributed by atoms with Crippen molar-refractivity contribution in [2.75, 3.05) is 6.61 Å². The molecule has 2 aromatic heterocycles. The van der Waals surface area contributed by atoms with E-state index in [2.05, 4.69) is 4.98 Å². The van der Waals surface area contributed by atoms with E-state index in [0.29, 0.717) is 21.5 Å². The predicted molar refractivity (Wildman–Crippen MR) is 122 cm³/mol. The minimum absolute atomic E-state index is 0.0120. The molecule has 0 radical (unpaired) electrons. The Labute approximate surface area is 183 Å². The van der Waals surface area contributed by atoms with Crippen molar-refractivity contribution in [3.8, 4) is 16.9 Å². The normalized spacial score (nSPS) is 12.1. The van der Waals surface area contributed by atoms with Gasteiger partial charge in [-0.2, -0.15) is 0 Å². The van der Waals surface area contributed by atoms with Gasteiger partial charge in [0, 0.05) is 16.0 Å². The largest absolute Gasteiger partial charge is 0.491 e. The van der Waals surface area contributed by atoms with Crippen LogP contribution in [0.25, 0.3) is 21.3 Å². The van der Waals surface area contributed by atoms with Crippen LogP contribution in [-0.2, 0) is 6.54 Å². The van der Waals surface area contributed by atoms with Gasteiger partial charge in [-0.15, -0.1) is 11.3 Å². The molecule has 0 aliphatic carbocycles. The third-order valence-electron chi connectivity index (χ3n) is 5.03. The lowest BCUT2D eigenvalue weighted by Crippen LogP contribution is -2.30. The van der Waals surface area contributed by atoms with Crippen molar-refractivity contribution < 1.29 is 14.6 Å². The summed E-state index contributed by atoms with van der Waals surface area (Å²) in [6, 6.07) is 16.5. The van der Waals surface area contributed by atoms with E-state index in [9.17, 15) is 14.7 Å². The highest BCUT2D eigenvalue weighted by atomic mass is 32.1. The van der Waals surface area contributed by atoms with Gasteiger partial charge in [-0.05, 0) is 43.7 Å². The fraction of sp³-hybridized carbons (Fsp3) is 0.208. The molecule has 0 saturated carbocycles. The summed E-state index contributed by atoms with van der Waals surface area (Å²) >= 11 is 1.49. The fourth-order valence-electron chi connectivity index (χ4n) is 3.48. The molecule has 7 heteroatoms. The van der Waals surface area contributed by atoms with Crippen LogP contribution in [0.2, 0.25) is 0 Å². The number of carbonyl (C=O) groups excluding carboxylic acids is 1. The number of thiophene rings is 1. The first kappa shape index (κ1) is 21.0. The van der Waals surface area contributed by atoms with Gasteiger partial charge in [0.15, 0.2) is 5.78 Å². The van der Waals surface area contributed by atoms with Crippen molar-refractivity contribution in [2.45, 2.75) is 26.5 Å². The Bertz CT molecular complexity index is 1280. The molecule has 0 saturated heterocycles. The predicted octanol–water partition coefficient (Wildman–Crippen LogP) is 4.08. The summed E-state index contributed by atoms with van der Waals surface area (Å²) in [6.07, 6.45) is 0.574. The van der Waals surface area contributed by atoms with Crippen LogP contribution >= 0.6 is 11.3 Å². The van der Waals surface area contributed by atoms with Crippen LogP contribution in [0.4, 0.5) is 0 Å². The maximum Gasteiger partial charge on any atom is 0.262 e. The molecule has 0 fully saturated rings. The number of hydrogen-bond donors (Lipinski definition) is 1. The number of aliphatic hydroxyl groups is 1. The highest BCUT2D eigenvalue weighted by Gasteiger charge is 2.18. The average Bonchev–Trinajstić information content (AvgIpc) is 3.12. The zero-order valence-electron chi connectivity index (χ0n) is 17.2. The highest BCUT2D eigenvalue weighted by molar-refractivity contribution is 7.19. The van der Waals surface area contributed by atoms with Gasteiger partial charge in [0.2, 0.25) is 0 Å². The molecule has 31 heavy (non-hydrogen) atoms. The van der Waals surface area contributed by atoms with Crippen LogP contribution < -0.4 is 10.3 Å². The first-order valence-electron chi connectivity index (χ1n) is 9.90. The first-order valence-corrected chi connectivity index (χ1v) is 10.7. The molecular formula is C24H22N2O4S. The van der Waals surface area contributed by atoms with Gasteiger partial charge in [0.05, 0.1) is 18.3 Å². The van der Waals surface area contributed by atoms with Crippen molar-refractivity contribution in [1.29, 1.82) is 0 Å². The third kappa shape index (κ3) is 4.42. The number of aromatic nitrogens is 2.